The van der Waals surface area contributed by atoms with E-state index in [-0.39, 0.29) is 5.91 Å². The van der Waals surface area contributed by atoms with Gasteiger partial charge in [0.25, 0.3) is 0 Å². The molecule has 0 aliphatic heterocycles. The lowest BCUT2D eigenvalue weighted by Crippen LogP contribution is -2.30. The van der Waals surface area contributed by atoms with Crippen LogP contribution >= 0.6 is 0 Å². The largest absolute Gasteiger partial charge is 0.354 e. The third-order valence-corrected chi connectivity index (χ3v) is 2.17. The molecule has 1 aromatic rings. The number of hydrogen-bond donors (Lipinski definition) is 1. The van der Waals surface area contributed by atoms with Gasteiger partial charge in [-0.25, -0.2) is 0 Å². The minimum atomic E-state index is 0.0156. The minimum Gasteiger partial charge on any atom is -0.354 e. The van der Waals surface area contributed by atoms with Crippen LogP contribution in [0.15, 0.2) is 12.4 Å². The molecule has 1 aromatic heterocycles. The summed E-state index contributed by atoms with van der Waals surface area (Å²) in [6, 6.07) is 0. The summed E-state index contributed by atoms with van der Waals surface area (Å²) in [5.41, 5.74) is 1.07. The van der Waals surface area contributed by atoms with Crippen LogP contribution < -0.4 is 5.32 Å². The fourth-order valence-electron chi connectivity index (χ4n) is 1.38. The van der Waals surface area contributed by atoms with Gasteiger partial charge in [-0.1, -0.05) is 0 Å². The molecule has 1 rings (SSSR count). The average molecular weight is 224 g/mol. The van der Waals surface area contributed by atoms with Crippen molar-refractivity contribution in [3.05, 3.63) is 18.0 Å². The van der Waals surface area contributed by atoms with Crippen molar-refractivity contribution in [2.75, 3.05) is 27.2 Å². The monoisotopic (exact) mass is 224 g/mol. The van der Waals surface area contributed by atoms with E-state index in [4.69, 9.17) is 0 Å². The van der Waals surface area contributed by atoms with Crippen molar-refractivity contribution < 1.29 is 4.79 Å². The van der Waals surface area contributed by atoms with Crippen LogP contribution in [0.4, 0.5) is 0 Å². The van der Waals surface area contributed by atoms with Crippen molar-refractivity contribution >= 4 is 5.91 Å². The van der Waals surface area contributed by atoms with Crippen molar-refractivity contribution in [1.29, 1.82) is 0 Å². The second kappa shape index (κ2) is 6.27. The van der Waals surface area contributed by atoms with Gasteiger partial charge in [-0.2, -0.15) is 5.10 Å². The van der Waals surface area contributed by atoms with Crippen molar-refractivity contribution in [2.24, 2.45) is 0 Å². The summed E-state index contributed by atoms with van der Waals surface area (Å²) in [5.74, 6) is 0.0156. The highest BCUT2D eigenvalue weighted by molar-refractivity contribution is 5.75. The zero-order valence-electron chi connectivity index (χ0n) is 10.2. The predicted octanol–water partition coefficient (Wildman–Crippen LogP) is 0.259. The third-order valence-electron chi connectivity index (χ3n) is 2.17. The molecule has 1 N–H and O–H groups in total. The lowest BCUT2D eigenvalue weighted by atomic mass is 10.4. The van der Waals surface area contributed by atoms with Crippen LogP contribution in [0.2, 0.25) is 0 Å². The maximum atomic E-state index is 11.5. The van der Waals surface area contributed by atoms with Gasteiger partial charge in [-0.15, -0.1) is 0 Å². The standard InChI is InChI=1S/C11H20N4O/c1-10-7-13-15(8-10)9-11(16)12-5-4-6-14(2)3/h7-8H,4-6,9H2,1-3H3,(H,12,16). The lowest BCUT2D eigenvalue weighted by Gasteiger charge is -2.09. The van der Waals surface area contributed by atoms with Crippen molar-refractivity contribution in [3.8, 4) is 0 Å². The Bertz CT molecular complexity index is 332. The number of aryl methyl sites for hydroxylation is 1. The van der Waals surface area contributed by atoms with Crippen LogP contribution in [0, 0.1) is 6.92 Å². The van der Waals surface area contributed by atoms with Crippen LogP contribution in [0.25, 0.3) is 0 Å². The Kier molecular flexibility index (Phi) is 4.98. The Labute approximate surface area is 96.4 Å². The molecule has 1 amide bonds. The highest BCUT2D eigenvalue weighted by Crippen LogP contribution is 1.93. The number of amides is 1. The second-order valence-electron chi connectivity index (χ2n) is 4.22. The molecule has 0 fully saturated rings. The van der Waals surface area contributed by atoms with E-state index in [9.17, 15) is 4.79 Å². The van der Waals surface area contributed by atoms with E-state index in [1.165, 1.54) is 0 Å². The lowest BCUT2D eigenvalue weighted by molar-refractivity contribution is -0.121. The summed E-state index contributed by atoms with van der Waals surface area (Å²) in [6.45, 7) is 3.96. The summed E-state index contributed by atoms with van der Waals surface area (Å²) < 4.78 is 1.65. The van der Waals surface area contributed by atoms with Crippen molar-refractivity contribution in [2.45, 2.75) is 19.9 Å². The van der Waals surface area contributed by atoms with Crippen molar-refractivity contribution in [1.82, 2.24) is 20.0 Å². The summed E-state index contributed by atoms with van der Waals surface area (Å²) in [7, 11) is 4.04. The molecule has 0 unspecified atom stereocenters. The topological polar surface area (TPSA) is 50.2 Å². The molecule has 1 heterocycles. The Hall–Kier alpha value is -1.36. The summed E-state index contributed by atoms with van der Waals surface area (Å²) in [5, 5.41) is 6.93. The Balaban J connectivity index is 2.16. The van der Waals surface area contributed by atoms with Crippen LogP contribution in [-0.2, 0) is 11.3 Å². The molecule has 5 nitrogen and oxygen atoms in total. The molecule has 0 aromatic carbocycles. The number of aromatic nitrogens is 2. The first-order chi connectivity index (χ1) is 7.58. The number of carbonyl (C=O) groups excluding carboxylic acids is 1. The summed E-state index contributed by atoms with van der Waals surface area (Å²) in [6.07, 6.45) is 4.58. The quantitative estimate of drug-likeness (QED) is 0.705. The van der Waals surface area contributed by atoms with Crippen LogP contribution in [0.3, 0.4) is 0 Å². The zero-order valence-corrected chi connectivity index (χ0v) is 10.2. The molecule has 0 aliphatic rings. The fraction of sp³-hybridized carbons (Fsp3) is 0.636. The van der Waals surface area contributed by atoms with Gasteiger partial charge in [0.15, 0.2) is 0 Å². The fourth-order valence-corrected chi connectivity index (χ4v) is 1.38. The van der Waals surface area contributed by atoms with E-state index in [0.717, 1.165) is 25.1 Å². The van der Waals surface area contributed by atoms with E-state index >= 15 is 0 Å². The zero-order chi connectivity index (χ0) is 12.0. The molecule has 5 heteroatoms. The van der Waals surface area contributed by atoms with Gasteiger partial charge in [0.05, 0.1) is 6.20 Å². The molecule has 90 valence electrons. The van der Waals surface area contributed by atoms with E-state index in [0.29, 0.717) is 6.54 Å². The molecule has 0 spiro atoms. The molecular formula is C11H20N4O. The molecule has 0 atom stereocenters. The summed E-state index contributed by atoms with van der Waals surface area (Å²) in [4.78, 5) is 13.6. The van der Waals surface area contributed by atoms with E-state index < -0.39 is 0 Å². The number of hydrogen-bond acceptors (Lipinski definition) is 3. The Morgan fingerprint density at radius 3 is 2.88 bits per heavy atom. The number of carbonyl (C=O) groups is 1. The SMILES string of the molecule is Cc1cnn(CC(=O)NCCCN(C)C)c1. The van der Waals surface area contributed by atoms with Crippen LogP contribution in [-0.4, -0.2) is 47.8 Å². The van der Waals surface area contributed by atoms with Crippen LogP contribution in [0.1, 0.15) is 12.0 Å². The second-order valence-corrected chi connectivity index (χ2v) is 4.22. The Morgan fingerprint density at radius 1 is 1.56 bits per heavy atom. The van der Waals surface area contributed by atoms with E-state index in [1.54, 1.807) is 10.9 Å². The molecule has 0 saturated heterocycles. The Morgan fingerprint density at radius 2 is 2.31 bits per heavy atom. The predicted molar refractivity (Wildman–Crippen MR) is 63.1 cm³/mol. The van der Waals surface area contributed by atoms with Gasteiger partial charge in [-0.3, -0.25) is 9.48 Å². The van der Waals surface area contributed by atoms with Crippen LogP contribution in [0.5, 0.6) is 0 Å². The molecular weight excluding hydrogens is 204 g/mol. The average Bonchev–Trinajstić information content (AvgIpc) is 2.58. The first kappa shape index (κ1) is 12.7. The number of rotatable bonds is 6. The van der Waals surface area contributed by atoms with Gasteiger partial charge in [0, 0.05) is 12.7 Å². The van der Waals surface area contributed by atoms with Gasteiger partial charge >= 0.3 is 0 Å². The minimum absolute atomic E-state index is 0.0156. The van der Waals surface area contributed by atoms with E-state index in [1.807, 2.05) is 27.2 Å². The smallest absolute Gasteiger partial charge is 0.241 e. The van der Waals surface area contributed by atoms with Gasteiger partial charge < -0.3 is 10.2 Å². The molecule has 0 radical (unpaired) electrons. The molecule has 0 aliphatic carbocycles. The first-order valence-electron chi connectivity index (χ1n) is 5.48. The van der Waals surface area contributed by atoms with Gasteiger partial charge in [-0.05, 0) is 39.5 Å². The van der Waals surface area contributed by atoms with Gasteiger partial charge in [0.1, 0.15) is 6.54 Å². The molecule has 16 heavy (non-hydrogen) atoms. The third kappa shape index (κ3) is 4.93. The van der Waals surface area contributed by atoms with E-state index in [2.05, 4.69) is 15.3 Å². The summed E-state index contributed by atoms with van der Waals surface area (Å²) >= 11 is 0. The van der Waals surface area contributed by atoms with Gasteiger partial charge in [0.2, 0.25) is 5.91 Å². The highest BCUT2D eigenvalue weighted by atomic mass is 16.2. The maximum Gasteiger partial charge on any atom is 0.241 e. The maximum absolute atomic E-state index is 11.5. The molecule has 0 saturated carbocycles. The van der Waals surface area contributed by atoms with Crippen molar-refractivity contribution in [3.63, 3.8) is 0 Å². The highest BCUT2D eigenvalue weighted by Gasteiger charge is 2.02. The first-order valence-corrected chi connectivity index (χ1v) is 5.48. The normalized spacial score (nSPS) is 10.8. The number of nitrogens with zero attached hydrogens (tertiary/aromatic N) is 3. The molecule has 0 bridgehead atoms. The number of nitrogens with one attached hydrogen (secondary N) is 1.